The fraction of sp³-hybridized carbons (Fsp3) is 0.375. The lowest BCUT2D eigenvalue weighted by molar-refractivity contribution is -0.131. The number of hydrogen-bond acceptors (Lipinski definition) is 3. The van der Waals surface area contributed by atoms with Gasteiger partial charge in [0.1, 0.15) is 6.04 Å². The van der Waals surface area contributed by atoms with Crippen LogP contribution in [0.15, 0.2) is 36.4 Å². The molecule has 1 aliphatic heterocycles. The monoisotopic (exact) mass is 475 g/mol. The molecule has 0 spiro atoms. The highest BCUT2D eigenvalue weighted by molar-refractivity contribution is 6.35. The Kier molecular flexibility index (Phi) is 8.15. The van der Waals surface area contributed by atoms with Gasteiger partial charge >= 0.3 is 0 Å². The molecule has 1 unspecified atom stereocenters. The van der Waals surface area contributed by atoms with E-state index in [2.05, 4.69) is 17.6 Å². The average Bonchev–Trinajstić information content (AvgIpc) is 2.76. The van der Waals surface area contributed by atoms with E-state index in [1.165, 1.54) is 16.5 Å². The zero-order valence-corrected chi connectivity index (χ0v) is 19.7. The quantitative estimate of drug-likeness (QED) is 0.613. The van der Waals surface area contributed by atoms with E-state index in [1.807, 2.05) is 25.1 Å². The number of nitrogens with one attached hydrogen (secondary N) is 2. The van der Waals surface area contributed by atoms with Crippen LogP contribution >= 0.6 is 23.2 Å². The number of amides is 3. The van der Waals surface area contributed by atoms with Crippen molar-refractivity contribution >= 4 is 46.6 Å². The number of hydrogen-bond donors (Lipinski definition) is 2. The van der Waals surface area contributed by atoms with Gasteiger partial charge in [0.25, 0.3) is 5.91 Å². The first-order valence-corrected chi connectivity index (χ1v) is 11.5. The molecule has 2 aromatic carbocycles. The van der Waals surface area contributed by atoms with Gasteiger partial charge in [0.2, 0.25) is 11.8 Å². The van der Waals surface area contributed by atoms with Crippen LogP contribution in [0.2, 0.25) is 10.0 Å². The minimum absolute atomic E-state index is 0.186. The van der Waals surface area contributed by atoms with E-state index in [0.29, 0.717) is 34.4 Å². The second kappa shape index (κ2) is 10.8. The molecule has 32 heavy (non-hydrogen) atoms. The second-order valence-corrected chi connectivity index (χ2v) is 8.78. The maximum absolute atomic E-state index is 13.3. The fourth-order valence-corrected chi connectivity index (χ4v) is 4.12. The van der Waals surface area contributed by atoms with Crippen molar-refractivity contribution in [3.05, 3.63) is 63.1 Å². The number of rotatable bonds is 7. The number of benzene rings is 2. The Morgan fingerprint density at radius 3 is 2.69 bits per heavy atom. The van der Waals surface area contributed by atoms with Crippen LogP contribution in [0.3, 0.4) is 0 Å². The minimum Gasteiger partial charge on any atom is -0.353 e. The van der Waals surface area contributed by atoms with E-state index in [9.17, 15) is 14.4 Å². The van der Waals surface area contributed by atoms with Crippen LogP contribution in [0.25, 0.3) is 0 Å². The number of halogens is 2. The van der Waals surface area contributed by atoms with Gasteiger partial charge in [-0.1, -0.05) is 48.7 Å². The Morgan fingerprint density at radius 2 is 1.97 bits per heavy atom. The first kappa shape index (κ1) is 24.1. The molecule has 0 saturated carbocycles. The van der Waals surface area contributed by atoms with Crippen molar-refractivity contribution < 1.29 is 14.4 Å². The van der Waals surface area contributed by atoms with Gasteiger partial charge in [0.15, 0.2) is 0 Å². The molecule has 1 saturated heterocycles. The summed E-state index contributed by atoms with van der Waals surface area (Å²) in [6.07, 6.45) is 2.97. The molecule has 0 bridgehead atoms. The number of nitrogens with zero attached hydrogens (tertiary/aromatic N) is 1. The third kappa shape index (κ3) is 5.81. The van der Waals surface area contributed by atoms with E-state index in [-0.39, 0.29) is 18.2 Å². The summed E-state index contributed by atoms with van der Waals surface area (Å²) in [6.45, 7) is 4.71. The number of carbonyl (C=O) groups is 3. The van der Waals surface area contributed by atoms with Crippen LogP contribution < -0.4 is 10.6 Å². The Hall–Kier alpha value is -2.57. The number of carbonyl (C=O) groups excluding carboxylic acids is 3. The molecule has 6 nitrogen and oxygen atoms in total. The molecule has 170 valence electrons. The molecule has 1 fully saturated rings. The summed E-state index contributed by atoms with van der Waals surface area (Å²) in [5.41, 5.74) is 2.95. The summed E-state index contributed by atoms with van der Waals surface area (Å²) in [4.78, 5) is 40.0. The van der Waals surface area contributed by atoms with E-state index in [0.717, 1.165) is 24.8 Å². The molecular formula is C24H27Cl2N3O3. The Labute approximate surface area is 198 Å². The minimum atomic E-state index is -0.909. The van der Waals surface area contributed by atoms with Crippen LogP contribution in [0.5, 0.6) is 0 Å². The number of anilines is 1. The predicted molar refractivity (Wildman–Crippen MR) is 127 cm³/mol. The SMILES string of the molecule is CCCCc1ccc(C(=O)N2CCNC(=O)C2CC(=O)Nc2cc(Cl)ccc2Cl)c(C)c1. The number of aryl methyl sites for hydroxylation is 2. The highest BCUT2D eigenvalue weighted by Gasteiger charge is 2.35. The highest BCUT2D eigenvalue weighted by atomic mass is 35.5. The van der Waals surface area contributed by atoms with Crippen LogP contribution in [-0.2, 0) is 16.0 Å². The normalized spacial score (nSPS) is 15.9. The molecule has 3 amide bonds. The van der Waals surface area contributed by atoms with Crippen molar-refractivity contribution in [3.8, 4) is 0 Å². The molecule has 1 heterocycles. The number of unbranched alkanes of at least 4 members (excludes halogenated alkanes) is 1. The fourth-order valence-electron chi connectivity index (χ4n) is 3.79. The van der Waals surface area contributed by atoms with Crippen molar-refractivity contribution in [2.75, 3.05) is 18.4 Å². The van der Waals surface area contributed by atoms with Crippen LogP contribution in [0.1, 0.15) is 47.7 Å². The molecule has 8 heteroatoms. The third-order valence-electron chi connectivity index (χ3n) is 5.51. The second-order valence-electron chi connectivity index (χ2n) is 7.93. The Bertz CT molecular complexity index is 1030. The van der Waals surface area contributed by atoms with E-state index in [4.69, 9.17) is 23.2 Å². The lowest BCUT2D eigenvalue weighted by atomic mass is 9.99. The van der Waals surface area contributed by atoms with Gasteiger partial charge in [-0.2, -0.15) is 0 Å². The molecule has 1 aliphatic rings. The molecular weight excluding hydrogens is 449 g/mol. The first-order chi connectivity index (χ1) is 15.3. The van der Waals surface area contributed by atoms with Crippen LogP contribution in [0.4, 0.5) is 5.69 Å². The van der Waals surface area contributed by atoms with Crippen molar-refractivity contribution in [3.63, 3.8) is 0 Å². The zero-order valence-electron chi connectivity index (χ0n) is 18.2. The molecule has 0 aromatic heterocycles. The Balaban J connectivity index is 1.76. The third-order valence-corrected chi connectivity index (χ3v) is 6.08. The average molecular weight is 476 g/mol. The summed E-state index contributed by atoms with van der Waals surface area (Å²) in [6, 6.07) is 9.62. The zero-order chi connectivity index (χ0) is 23.3. The Morgan fingerprint density at radius 1 is 1.19 bits per heavy atom. The molecule has 2 aromatic rings. The van der Waals surface area contributed by atoms with Gasteiger partial charge in [0, 0.05) is 23.7 Å². The molecule has 0 aliphatic carbocycles. The van der Waals surface area contributed by atoms with E-state index < -0.39 is 11.9 Å². The summed E-state index contributed by atoms with van der Waals surface area (Å²) in [7, 11) is 0. The van der Waals surface area contributed by atoms with Gasteiger partial charge in [0.05, 0.1) is 17.1 Å². The predicted octanol–water partition coefficient (Wildman–Crippen LogP) is 4.61. The van der Waals surface area contributed by atoms with Gasteiger partial charge in [-0.3, -0.25) is 14.4 Å². The van der Waals surface area contributed by atoms with E-state index in [1.54, 1.807) is 12.1 Å². The molecule has 1 atom stereocenters. The van der Waals surface area contributed by atoms with Crippen LogP contribution in [-0.4, -0.2) is 41.8 Å². The summed E-state index contributed by atoms with van der Waals surface area (Å²) in [5, 5.41) is 6.19. The maximum Gasteiger partial charge on any atom is 0.254 e. The summed E-state index contributed by atoms with van der Waals surface area (Å²) in [5.74, 6) is -1.03. The standard InChI is InChI=1S/C24H27Cl2N3O3/c1-3-4-5-16-6-8-18(15(2)12-16)24(32)29-11-10-27-23(31)21(29)14-22(30)28-20-13-17(25)7-9-19(20)26/h6-9,12-13,21H,3-5,10-11,14H2,1-2H3,(H,27,31)(H,28,30). The number of piperazine rings is 1. The molecule has 2 N–H and O–H groups in total. The van der Waals surface area contributed by atoms with Gasteiger partial charge in [-0.25, -0.2) is 0 Å². The van der Waals surface area contributed by atoms with E-state index >= 15 is 0 Å². The van der Waals surface area contributed by atoms with Crippen molar-refractivity contribution in [1.29, 1.82) is 0 Å². The van der Waals surface area contributed by atoms with Crippen molar-refractivity contribution in [1.82, 2.24) is 10.2 Å². The summed E-state index contributed by atoms with van der Waals surface area (Å²) >= 11 is 12.1. The first-order valence-electron chi connectivity index (χ1n) is 10.7. The lowest BCUT2D eigenvalue weighted by Crippen LogP contribution is -2.58. The van der Waals surface area contributed by atoms with Crippen LogP contribution in [0, 0.1) is 6.92 Å². The maximum atomic E-state index is 13.3. The largest absolute Gasteiger partial charge is 0.353 e. The smallest absolute Gasteiger partial charge is 0.254 e. The molecule has 0 radical (unpaired) electrons. The summed E-state index contributed by atoms with van der Waals surface area (Å²) < 4.78 is 0. The van der Waals surface area contributed by atoms with Gasteiger partial charge in [-0.05, 0) is 55.2 Å². The van der Waals surface area contributed by atoms with Crippen molar-refractivity contribution in [2.45, 2.75) is 45.6 Å². The van der Waals surface area contributed by atoms with Crippen molar-refractivity contribution in [2.24, 2.45) is 0 Å². The lowest BCUT2D eigenvalue weighted by Gasteiger charge is -2.35. The highest BCUT2D eigenvalue weighted by Crippen LogP contribution is 2.26. The van der Waals surface area contributed by atoms with Gasteiger partial charge in [-0.15, -0.1) is 0 Å². The van der Waals surface area contributed by atoms with Gasteiger partial charge < -0.3 is 15.5 Å². The topological polar surface area (TPSA) is 78.5 Å². The molecule has 3 rings (SSSR count).